The number of carbonyl (C=O) groups excluding carboxylic acids is 1. The number of piperidine rings is 1. The van der Waals surface area contributed by atoms with Gasteiger partial charge in [-0.25, -0.2) is 0 Å². The number of halogens is 1. The highest BCUT2D eigenvalue weighted by Crippen LogP contribution is 2.18. The first kappa shape index (κ1) is 24.5. The van der Waals surface area contributed by atoms with Crippen LogP contribution in [0.1, 0.15) is 30.4 Å². The lowest BCUT2D eigenvalue weighted by Crippen LogP contribution is -2.55. The van der Waals surface area contributed by atoms with Crippen LogP contribution in [-0.4, -0.2) is 71.2 Å². The minimum Gasteiger partial charge on any atom is -0.352 e. The molecular formula is C23H34IN7O. The summed E-state index contributed by atoms with van der Waals surface area (Å²) in [6.07, 6.45) is 7.56. The zero-order chi connectivity index (χ0) is 21.6. The average Bonchev–Trinajstić information content (AvgIpc) is 3.22. The number of rotatable bonds is 5. The summed E-state index contributed by atoms with van der Waals surface area (Å²) < 4.78 is 1.72. The van der Waals surface area contributed by atoms with E-state index < -0.39 is 0 Å². The third kappa shape index (κ3) is 6.00. The fourth-order valence-corrected chi connectivity index (χ4v) is 4.42. The topological polar surface area (TPSA) is 69.0 Å². The standard InChI is InChI=1S/C23H33N7O.HI/c1-24-23(29-12-13-30(22(31)18-29)21-15-26-27(2)17-21)25-14-19-8-4-5-9-20(19)16-28-10-6-3-7-11-28;/h4-5,8-9,15,17H,3,6-7,10-14,16,18H2,1-2H3,(H,24,25);1H. The normalized spacial score (nSPS) is 17.9. The third-order valence-corrected chi connectivity index (χ3v) is 6.13. The second-order valence-corrected chi connectivity index (χ2v) is 8.35. The second-order valence-electron chi connectivity index (χ2n) is 8.35. The zero-order valence-corrected chi connectivity index (χ0v) is 21.4. The molecule has 0 unspecified atom stereocenters. The molecule has 2 saturated heterocycles. The number of likely N-dealkylation sites (tertiary alicyclic amines) is 1. The van der Waals surface area contributed by atoms with Gasteiger partial charge >= 0.3 is 0 Å². The highest BCUT2D eigenvalue weighted by atomic mass is 127. The maximum absolute atomic E-state index is 12.7. The summed E-state index contributed by atoms with van der Waals surface area (Å²) in [5.41, 5.74) is 3.50. The van der Waals surface area contributed by atoms with Gasteiger partial charge in [-0.3, -0.25) is 19.4 Å². The molecule has 0 saturated carbocycles. The van der Waals surface area contributed by atoms with Crippen LogP contribution in [0.4, 0.5) is 5.69 Å². The summed E-state index contributed by atoms with van der Waals surface area (Å²) in [5, 5.41) is 7.66. The molecule has 4 rings (SSSR count). The first-order valence-electron chi connectivity index (χ1n) is 11.2. The van der Waals surface area contributed by atoms with Gasteiger partial charge in [0.05, 0.1) is 11.9 Å². The molecular weight excluding hydrogens is 517 g/mol. The molecule has 2 aromatic rings. The number of guanidine groups is 1. The van der Waals surface area contributed by atoms with E-state index in [-0.39, 0.29) is 29.9 Å². The first-order valence-corrected chi connectivity index (χ1v) is 11.2. The molecule has 2 aliphatic heterocycles. The number of anilines is 1. The van der Waals surface area contributed by atoms with Gasteiger partial charge in [-0.05, 0) is 37.1 Å². The number of benzene rings is 1. The van der Waals surface area contributed by atoms with Crippen molar-refractivity contribution in [2.45, 2.75) is 32.4 Å². The molecule has 2 fully saturated rings. The van der Waals surface area contributed by atoms with Gasteiger partial charge in [0.15, 0.2) is 5.96 Å². The summed E-state index contributed by atoms with van der Waals surface area (Å²) in [4.78, 5) is 23.6. The van der Waals surface area contributed by atoms with Gasteiger partial charge in [-0.2, -0.15) is 5.10 Å². The Morgan fingerprint density at radius 2 is 1.84 bits per heavy atom. The summed E-state index contributed by atoms with van der Waals surface area (Å²) in [7, 11) is 3.64. The molecule has 2 aliphatic rings. The molecule has 3 heterocycles. The molecule has 0 radical (unpaired) electrons. The van der Waals surface area contributed by atoms with Crippen molar-refractivity contribution in [2.75, 3.05) is 44.7 Å². The van der Waals surface area contributed by atoms with Crippen LogP contribution in [0.15, 0.2) is 41.7 Å². The summed E-state index contributed by atoms with van der Waals surface area (Å²) in [6, 6.07) is 8.62. The number of aromatic nitrogens is 2. The molecule has 9 heteroatoms. The lowest BCUT2D eigenvalue weighted by molar-refractivity contribution is -0.120. The highest BCUT2D eigenvalue weighted by molar-refractivity contribution is 14.0. The van der Waals surface area contributed by atoms with Crippen LogP contribution in [0.5, 0.6) is 0 Å². The van der Waals surface area contributed by atoms with Gasteiger partial charge in [0.25, 0.3) is 0 Å². The molecule has 1 aromatic heterocycles. The molecule has 1 aromatic carbocycles. The highest BCUT2D eigenvalue weighted by Gasteiger charge is 2.27. The average molecular weight is 551 g/mol. The fraction of sp³-hybridized carbons (Fsp3) is 0.522. The van der Waals surface area contributed by atoms with E-state index in [0.717, 1.165) is 24.7 Å². The molecule has 0 bridgehead atoms. The lowest BCUT2D eigenvalue weighted by atomic mass is 10.0. The van der Waals surface area contributed by atoms with Crippen LogP contribution >= 0.6 is 24.0 Å². The molecule has 0 atom stereocenters. The molecule has 1 amide bonds. The number of carbonyl (C=O) groups is 1. The fourth-order valence-electron chi connectivity index (χ4n) is 4.42. The van der Waals surface area contributed by atoms with Crippen LogP contribution in [-0.2, 0) is 24.9 Å². The summed E-state index contributed by atoms with van der Waals surface area (Å²) in [6.45, 7) is 5.74. The number of aryl methyl sites for hydroxylation is 1. The van der Waals surface area contributed by atoms with E-state index in [2.05, 4.69) is 44.6 Å². The Balaban J connectivity index is 0.00000289. The Labute approximate surface area is 207 Å². The van der Waals surface area contributed by atoms with Crippen molar-refractivity contribution in [1.29, 1.82) is 0 Å². The summed E-state index contributed by atoms with van der Waals surface area (Å²) >= 11 is 0. The van der Waals surface area contributed by atoms with E-state index in [0.29, 0.717) is 19.6 Å². The molecule has 0 spiro atoms. The van der Waals surface area contributed by atoms with Gasteiger partial charge in [0.1, 0.15) is 6.54 Å². The van der Waals surface area contributed by atoms with Gasteiger partial charge in [0, 0.05) is 46.5 Å². The van der Waals surface area contributed by atoms with Crippen molar-refractivity contribution in [2.24, 2.45) is 12.0 Å². The van der Waals surface area contributed by atoms with Crippen molar-refractivity contribution in [3.05, 3.63) is 47.8 Å². The van der Waals surface area contributed by atoms with Gasteiger partial charge in [-0.15, -0.1) is 24.0 Å². The van der Waals surface area contributed by atoms with Crippen molar-refractivity contribution < 1.29 is 4.79 Å². The van der Waals surface area contributed by atoms with Crippen molar-refractivity contribution in [3.63, 3.8) is 0 Å². The minimum absolute atomic E-state index is 0. The number of hydrogen-bond donors (Lipinski definition) is 1. The number of aliphatic imine (C=N–C) groups is 1. The Morgan fingerprint density at radius 3 is 2.50 bits per heavy atom. The largest absolute Gasteiger partial charge is 0.352 e. The number of amides is 1. The van der Waals surface area contributed by atoms with Gasteiger partial charge in [0.2, 0.25) is 5.91 Å². The van der Waals surface area contributed by atoms with Crippen molar-refractivity contribution in [3.8, 4) is 0 Å². The lowest BCUT2D eigenvalue weighted by Gasteiger charge is -2.35. The maximum Gasteiger partial charge on any atom is 0.246 e. The first-order chi connectivity index (χ1) is 15.1. The predicted molar refractivity (Wildman–Crippen MR) is 138 cm³/mol. The third-order valence-electron chi connectivity index (χ3n) is 6.13. The maximum atomic E-state index is 12.7. The Kier molecular flexibility index (Phi) is 8.92. The number of piperazine rings is 1. The number of nitrogens with zero attached hydrogens (tertiary/aromatic N) is 6. The van der Waals surface area contributed by atoms with Crippen LogP contribution in [0, 0.1) is 0 Å². The molecule has 32 heavy (non-hydrogen) atoms. The van der Waals surface area contributed by atoms with Crippen LogP contribution in [0.3, 0.4) is 0 Å². The van der Waals surface area contributed by atoms with Crippen molar-refractivity contribution >= 4 is 41.5 Å². The number of nitrogens with one attached hydrogen (secondary N) is 1. The van der Waals surface area contributed by atoms with Crippen LogP contribution < -0.4 is 10.2 Å². The zero-order valence-electron chi connectivity index (χ0n) is 19.0. The van der Waals surface area contributed by atoms with Crippen molar-refractivity contribution in [1.82, 2.24) is 24.9 Å². The Morgan fingerprint density at radius 1 is 1.09 bits per heavy atom. The van der Waals surface area contributed by atoms with E-state index in [9.17, 15) is 4.79 Å². The van der Waals surface area contributed by atoms with E-state index in [1.165, 1.54) is 43.5 Å². The number of hydrogen-bond acceptors (Lipinski definition) is 4. The molecule has 0 aliphatic carbocycles. The van der Waals surface area contributed by atoms with E-state index in [4.69, 9.17) is 0 Å². The minimum atomic E-state index is 0. The Hall–Kier alpha value is -2.14. The molecule has 8 nitrogen and oxygen atoms in total. The quantitative estimate of drug-likeness (QED) is 0.352. The van der Waals surface area contributed by atoms with E-state index in [1.54, 1.807) is 22.8 Å². The SMILES string of the molecule is CN=C(NCc1ccccc1CN1CCCCC1)N1CCN(c2cnn(C)c2)C(=O)C1.I. The monoisotopic (exact) mass is 551 g/mol. The Bertz CT molecular complexity index is 923. The molecule has 174 valence electrons. The van der Waals surface area contributed by atoms with Gasteiger partial charge < -0.3 is 15.1 Å². The smallest absolute Gasteiger partial charge is 0.246 e. The predicted octanol–water partition coefficient (Wildman–Crippen LogP) is 2.45. The van der Waals surface area contributed by atoms with Gasteiger partial charge in [-0.1, -0.05) is 30.7 Å². The van der Waals surface area contributed by atoms with E-state index in [1.807, 2.05) is 18.1 Å². The summed E-state index contributed by atoms with van der Waals surface area (Å²) in [5.74, 6) is 0.833. The van der Waals surface area contributed by atoms with E-state index >= 15 is 0 Å². The molecule has 1 N–H and O–H groups in total. The van der Waals surface area contributed by atoms with Crippen LogP contribution in [0.2, 0.25) is 0 Å². The van der Waals surface area contributed by atoms with Crippen LogP contribution in [0.25, 0.3) is 0 Å². The second kappa shape index (κ2) is 11.6.